The highest BCUT2D eigenvalue weighted by molar-refractivity contribution is 5.23. The van der Waals surface area contributed by atoms with Crippen LogP contribution in [0.1, 0.15) is 69.3 Å². The molecule has 0 spiro atoms. The predicted octanol–water partition coefficient (Wildman–Crippen LogP) is 2.94. The van der Waals surface area contributed by atoms with Crippen molar-refractivity contribution in [3.8, 4) is 0 Å². The van der Waals surface area contributed by atoms with Gasteiger partial charge in [0.2, 0.25) is 0 Å². The Bertz CT molecular complexity index is 440. The summed E-state index contributed by atoms with van der Waals surface area (Å²) in [5.74, 6) is 0.780. The first-order chi connectivity index (χ1) is 8.93. The first kappa shape index (κ1) is 14.4. The second-order valence-corrected chi connectivity index (χ2v) is 6.46. The maximum Gasteiger partial charge on any atom is 0.157 e. The van der Waals surface area contributed by atoms with Gasteiger partial charge in [-0.15, -0.1) is 0 Å². The van der Waals surface area contributed by atoms with E-state index in [2.05, 4.69) is 25.8 Å². The normalized spacial score (nSPS) is 21.6. The van der Waals surface area contributed by atoms with Crippen LogP contribution in [0.2, 0.25) is 0 Å². The Hall–Kier alpha value is -1.00. The van der Waals surface area contributed by atoms with Crippen LogP contribution in [0.4, 0.5) is 0 Å². The smallest absolute Gasteiger partial charge is 0.157 e. The quantitative estimate of drug-likeness (QED) is 0.833. The molecule has 2 rings (SSSR count). The average Bonchev–Trinajstić information content (AvgIpc) is 2.50. The Balaban J connectivity index is 2.37. The number of methoxy groups -OCH3 is 1. The van der Waals surface area contributed by atoms with Crippen LogP contribution in [-0.4, -0.2) is 17.1 Å². The molecule has 1 aromatic rings. The molecule has 0 saturated heterocycles. The first-order valence-electron chi connectivity index (χ1n) is 7.07. The fourth-order valence-electron chi connectivity index (χ4n) is 2.74. The number of rotatable bonds is 2. The summed E-state index contributed by atoms with van der Waals surface area (Å²) in [5.41, 5.74) is 8.39. The molecule has 4 heteroatoms. The third kappa shape index (κ3) is 3.12. The molecule has 0 amide bonds. The van der Waals surface area contributed by atoms with E-state index in [0.717, 1.165) is 36.3 Å². The minimum atomic E-state index is -0.0859. The minimum Gasteiger partial charge on any atom is -0.373 e. The molecule has 2 N–H and O–H groups in total. The highest BCUT2D eigenvalue weighted by atomic mass is 16.5. The van der Waals surface area contributed by atoms with E-state index < -0.39 is 0 Å². The fourth-order valence-corrected chi connectivity index (χ4v) is 2.74. The van der Waals surface area contributed by atoms with Gasteiger partial charge in [-0.25, -0.2) is 9.97 Å². The van der Waals surface area contributed by atoms with Crippen LogP contribution in [0, 0.1) is 5.41 Å². The summed E-state index contributed by atoms with van der Waals surface area (Å²) in [6, 6.07) is 0.0854. The highest BCUT2D eigenvalue weighted by Crippen LogP contribution is 2.34. The van der Waals surface area contributed by atoms with Crippen molar-refractivity contribution in [2.45, 2.75) is 58.6 Å². The number of nitrogens with two attached hydrogens (primary N) is 1. The molecule has 1 aromatic heterocycles. The SMILES string of the molecule is COC(c1ncc2c(n1)CCCCC2N)C(C)(C)C. The third-order valence-corrected chi connectivity index (χ3v) is 3.75. The lowest BCUT2D eigenvalue weighted by atomic mass is 9.88. The van der Waals surface area contributed by atoms with Crippen LogP contribution in [0.5, 0.6) is 0 Å². The zero-order valence-corrected chi connectivity index (χ0v) is 12.4. The Morgan fingerprint density at radius 1 is 1.37 bits per heavy atom. The molecule has 2 atom stereocenters. The maximum atomic E-state index is 6.18. The molecule has 0 radical (unpaired) electrons. The number of hydrogen-bond donors (Lipinski definition) is 1. The van der Waals surface area contributed by atoms with E-state index in [9.17, 15) is 0 Å². The first-order valence-corrected chi connectivity index (χ1v) is 7.07. The van der Waals surface area contributed by atoms with Gasteiger partial charge in [0.25, 0.3) is 0 Å². The number of ether oxygens (including phenoxy) is 1. The number of nitrogens with zero attached hydrogens (tertiary/aromatic N) is 2. The molecule has 0 fully saturated rings. The van der Waals surface area contributed by atoms with E-state index in [-0.39, 0.29) is 17.6 Å². The van der Waals surface area contributed by atoms with Gasteiger partial charge in [0.05, 0.1) is 0 Å². The highest BCUT2D eigenvalue weighted by Gasteiger charge is 2.29. The second kappa shape index (κ2) is 5.55. The Labute approximate surface area is 115 Å². The maximum absolute atomic E-state index is 6.18. The predicted molar refractivity (Wildman–Crippen MR) is 75.7 cm³/mol. The largest absolute Gasteiger partial charge is 0.373 e. The monoisotopic (exact) mass is 263 g/mol. The Morgan fingerprint density at radius 3 is 2.74 bits per heavy atom. The van der Waals surface area contributed by atoms with Crippen molar-refractivity contribution in [3.05, 3.63) is 23.3 Å². The number of aryl methyl sites for hydroxylation is 1. The van der Waals surface area contributed by atoms with E-state index in [0.29, 0.717) is 0 Å². The van der Waals surface area contributed by atoms with Gasteiger partial charge in [-0.3, -0.25) is 0 Å². The van der Waals surface area contributed by atoms with Crippen molar-refractivity contribution in [2.24, 2.45) is 11.1 Å². The van der Waals surface area contributed by atoms with Crippen LogP contribution >= 0.6 is 0 Å². The number of hydrogen-bond acceptors (Lipinski definition) is 4. The van der Waals surface area contributed by atoms with Crippen molar-refractivity contribution in [1.29, 1.82) is 0 Å². The van der Waals surface area contributed by atoms with Gasteiger partial charge in [-0.2, -0.15) is 0 Å². The van der Waals surface area contributed by atoms with Crippen molar-refractivity contribution >= 4 is 0 Å². The van der Waals surface area contributed by atoms with E-state index >= 15 is 0 Å². The van der Waals surface area contributed by atoms with Gasteiger partial charge in [0, 0.05) is 30.6 Å². The van der Waals surface area contributed by atoms with E-state index in [1.807, 2.05) is 6.20 Å². The lowest BCUT2D eigenvalue weighted by Gasteiger charge is -2.28. The van der Waals surface area contributed by atoms with Crippen LogP contribution in [-0.2, 0) is 11.2 Å². The average molecular weight is 263 g/mol. The summed E-state index contributed by atoms with van der Waals surface area (Å²) in [6.45, 7) is 6.42. The van der Waals surface area contributed by atoms with Crippen LogP contribution < -0.4 is 5.73 Å². The molecule has 2 unspecified atom stereocenters. The molecular formula is C15H25N3O. The topological polar surface area (TPSA) is 61.0 Å². The molecular weight excluding hydrogens is 238 g/mol. The van der Waals surface area contributed by atoms with Crippen molar-refractivity contribution in [1.82, 2.24) is 9.97 Å². The molecule has 0 aromatic carbocycles. The molecule has 4 nitrogen and oxygen atoms in total. The van der Waals surface area contributed by atoms with Crippen molar-refractivity contribution in [2.75, 3.05) is 7.11 Å². The number of fused-ring (bicyclic) bond motifs is 1. The van der Waals surface area contributed by atoms with Gasteiger partial charge in [-0.05, 0) is 24.7 Å². The summed E-state index contributed by atoms with van der Waals surface area (Å²) in [5, 5.41) is 0. The van der Waals surface area contributed by atoms with Crippen molar-refractivity contribution < 1.29 is 4.74 Å². The van der Waals surface area contributed by atoms with Gasteiger partial charge >= 0.3 is 0 Å². The zero-order chi connectivity index (χ0) is 14.0. The summed E-state index contributed by atoms with van der Waals surface area (Å²) in [6.07, 6.45) is 6.18. The molecule has 1 aliphatic rings. The van der Waals surface area contributed by atoms with Crippen LogP contribution in [0.25, 0.3) is 0 Å². The van der Waals surface area contributed by atoms with Gasteiger partial charge in [-0.1, -0.05) is 27.2 Å². The Morgan fingerprint density at radius 2 is 2.11 bits per heavy atom. The fraction of sp³-hybridized carbons (Fsp3) is 0.733. The van der Waals surface area contributed by atoms with Gasteiger partial charge in [0.1, 0.15) is 6.10 Å². The number of aromatic nitrogens is 2. The van der Waals surface area contributed by atoms with E-state index in [1.54, 1.807) is 7.11 Å². The molecule has 0 saturated carbocycles. The molecule has 1 heterocycles. The molecule has 0 aliphatic heterocycles. The third-order valence-electron chi connectivity index (χ3n) is 3.75. The van der Waals surface area contributed by atoms with Crippen LogP contribution in [0.3, 0.4) is 0 Å². The molecule has 19 heavy (non-hydrogen) atoms. The van der Waals surface area contributed by atoms with E-state index in [4.69, 9.17) is 15.5 Å². The van der Waals surface area contributed by atoms with Crippen molar-refractivity contribution in [3.63, 3.8) is 0 Å². The lowest BCUT2D eigenvalue weighted by Crippen LogP contribution is -2.23. The summed E-state index contributed by atoms with van der Waals surface area (Å²) in [7, 11) is 1.72. The minimum absolute atomic E-state index is 0.0180. The second-order valence-electron chi connectivity index (χ2n) is 6.46. The molecule has 0 bridgehead atoms. The molecule has 1 aliphatic carbocycles. The van der Waals surface area contributed by atoms with E-state index in [1.165, 1.54) is 6.42 Å². The Kier molecular flexibility index (Phi) is 4.21. The van der Waals surface area contributed by atoms with Gasteiger partial charge < -0.3 is 10.5 Å². The summed E-state index contributed by atoms with van der Waals surface area (Å²) in [4.78, 5) is 9.25. The van der Waals surface area contributed by atoms with Gasteiger partial charge in [0.15, 0.2) is 5.82 Å². The van der Waals surface area contributed by atoms with Crippen LogP contribution in [0.15, 0.2) is 6.20 Å². The summed E-state index contributed by atoms with van der Waals surface area (Å²) < 4.78 is 5.59. The summed E-state index contributed by atoms with van der Waals surface area (Å²) >= 11 is 0. The molecule has 106 valence electrons. The standard InChI is InChI=1S/C15H25N3O/c1-15(2,3)13(19-4)14-17-9-10-11(16)7-5-6-8-12(10)18-14/h9,11,13H,5-8,16H2,1-4H3. The lowest BCUT2D eigenvalue weighted by molar-refractivity contribution is 0.00845. The zero-order valence-electron chi connectivity index (χ0n) is 12.4.